The maximum absolute atomic E-state index is 12.3. The monoisotopic (exact) mass is 432 g/mol. The minimum atomic E-state index is -3.25. The van der Waals surface area contributed by atoms with Crippen molar-refractivity contribution in [1.82, 2.24) is 10.2 Å². The van der Waals surface area contributed by atoms with Gasteiger partial charge in [-0.1, -0.05) is 37.3 Å². The molecule has 7 heteroatoms. The highest BCUT2D eigenvalue weighted by molar-refractivity contribution is 7.90. The fourth-order valence-electron chi connectivity index (χ4n) is 3.06. The largest absolute Gasteiger partial charge is 0.494 e. The van der Waals surface area contributed by atoms with Gasteiger partial charge in [0.05, 0.1) is 24.1 Å². The minimum absolute atomic E-state index is 0.0219. The lowest BCUT2D eigenvalue weighted by Crippen LogP contribution is -2.37. The summed E-state index contributed by atoms with van der Waals surface area (Å²) < 4.78 is 28.9. The average molecular weight is 433 g/mol. The van der Waals surface area contributed by atoms with Crippen LogP contribution in [0.15, 0.2) is 53.4 Å². The first-order valence-corrected chi connectivity index (χ1v) is 12.1. The van der Waals surface area contributed by atoms with Crippen LogP contribution in [-0.2, 0) is 21.1 Å². The fourth-order valence-corrected chi connectivity index (χ4v) is 3.71. The molecule has 1 unspecified atom stereocenters. The summed E-state index contributed by atoms with van der Waals surface area (Å²) in [5.74, 6) is 0.507. The van der Waals surface area contributed by atoms with E-state index in [2.05, 4.69) is 36.5 Å². The molecule has 1 amide bonds. The molecule has 2 aromatic rings. The van der Waals surface area contributed by atoms with Crippen molar-refractivity contribution in [3.63, 3.8) is 0 Å². The van der Waals surface area contributed by atoms with Crippen LogP contribution in [0.25, 0.3) is 0 Å². The molecule has 0 aliphatic heterocycles. The lowest BCUT2D eigenvalue weighted by molar-refractivity contribution is -0.122. The highest BCUT2D eigenvalue weighted by Crippen LogP contribution is 2.17. The highest BCUT2D eigenvalue weighted by atomic mass is 32.2. The van der Waals surface area contributed by atoms with Crippen molar-refractivity contribution in [3.05, 3.63) is 59.7 Å². The van der Waals surface area contributed by atoms with E-state index in [0.717, 1.165) is 18.4 Å². The van der Waals surface area contributed by atoms with Crippen molar-refractivity contribution in [2.75, 3.05) is 33.0 Å². The second kappa shape index (κ2) is 11.1. The van der Waals surface area contributed by atoms with Crippen molar-refractivity contribution in [2.45, 2.75) is 37.6 Å². The molecular formula is C23H32N2O4S. The number of sulfone groups is 1. The maximum Gasteiger partial charge on any atom is 0.234 e. The number of benzene rings is 2. The number of rotatable bonds is 11. The third-order valence-corrected chi connectivity index (χ3v) is 5.98. The van der Waals surface area contributed by atoms with Gasteiger partial charge in [-0.3, -0.25) is 9.69 Å². The molecule has 0 aliphatic rings. The van der Waals surface area contributed by atoms with Crippen LogP contribution in [0.1, 0.15) is 37.4 Å². The number of hydrogen-bond acceptors (Lipinski definition) is 5. The predicted octanol–water partition coefficient (Wildman–Crippen LogP) is 3.23. The zero-order chi connectivity index (χ0) is 22.1. The second-order valence-electron chi connectivity index (χ2n) is 7.57. The van der Waals surface area contributed by atoms with Crippen LogP contribution >= 0.6 is 0 Å². The van der Waals surface area contributed by atoms with E-state index < -0.39 is 9.84 Å². The molecule has 2 rings (SSSR count). The first-order valence-electron chi connectivity index (χ1n) is 10.2. The molecule has 6 nitrogen and oxygen atoms in total. The first-order chi connectivity index (χ1) is 14.2. The Morgan fingerprint density at radius 1 is 1.17 bits per heavy atom. The lowest BCUT2D eigenvalue weighted by atomic mass is 10.1. The van der Waals surface area contributed by atoms with E-state index >= 15 is 0 Å². The standard InChI is InChI=1S/C23H32N2O4S/c1-5-19-10-12-20(13-11-19)18(2)24-23(26)17-25(3)14-7-15-29-21-8-6-9-22(16-21)30(4,27)28/h6,8-13,16,18H,5,7,14-15,17H2,1-4H3,(H,24,26). The molecule has 30 heavy (non-hydrogen) atoms. The number of aryl methyl sites for hydroxylation is 1. The van der Waals surface area contributed by atoms with Crippen LogP contribution in [0.5, 0.6) is 5.75 Å². The zero-order valence-corrected chi connectivity index (χ0v) is 19.0. The highest BCUT2D eigenvalue weighted by Gasteiger charge is 2.12. The van der Waals surface area contributed by atoms with Gasteiger partial charge in [-0.15, -0.1) is 0 Å². The van der Waals surface area contributed by atoms with Crippen molar-refractivity contribution in [2.24, 2.45) is 0 Å². The third kappa shape index (κ3) is 7.80. The fraction of sp³-hybridized carbons (Fsp3) is 0.435. The number of carbonyl (C=O) groups is 1. The molecule has 1 N–H and O–H groups in total. The SMILES string of the molecule is CCc1ccc(C(C)NC(=O)CN(C)CCCOc2cccc(S(C)(=O)=O)c2)cc1. The molecule has 0 heterocycles. The van der Waals surface area contributed by atoms with E-state index in [1.54, 1.807) is 18.2 Å². The number of hydrogen-bond donors (Lipinski definition) is 1. The van der Waals surface area contributed by atoms with Crippen molar-refractivity contribution < 1.29 is 17.9 Å². The smallest absolute Gasteiger partial charge is 0.234 e. The summed E-state index contributed by atoms with van der Waals surface area (Å²) in [6.45, 7) is 5.55. The van der Waals surface area contributed by atoms with Crippen molar-refractivity contribution in [1.29, 1.82) is 0 Å². The minimum Gasteiger partial charge on any atom is -0.494 e. The van der Waals surface area contributed by atoms with Gasteiger partial charge >= 0.3 is 0 Å². The summed E-state index contributed by atoms with van der Waals surface area (Å²) in [7, 11) is -1.36. The predicted molar refractivity (Wildman–Crippen MR) is 120 cm³/mol. The van der Waals surface area contributed by atoms with Crippen LogP contribution in [0, 0.1) is 0 Å². The van der Waals surface area contributed by atoms with Gasteiger partial charge in [0, 0.05) is 12.8 Å². The summed E-state index contributed by atoms with van der Waals surface area (Å²) in [6.07, 6.45) is 2.90. The Balaban J connectivity index is 1.71. The van der Waals surface area contributed by atoms with Crippen LogP contribution in [0.2, 0.25) is 0 Å². The van der Waals surface area contributed by atoms with Gasteiger partial charge in [0.2, 0.25) is 5.91 Å². The topological polar surface area (TPSA) is 75.7 Å². The summed E-state index contributed by atoms with van der Waals surface area (Å²) in [5, 5.41) is 3.03. The number of nitrogens with one attached hydrogen (secondary N) is 1. The molecule has 164 valence electrons. The van der Waals surface area contributed by atoms with Gasteiger partial charge in [-0.05, 0) is 56.1 Å². The summed E-state index contributed by atoms with van der Waals surface area (Å²) in [5.41, 5.74) is 2.37. The summed E-state index contributed by atoms with van der Waals surface area (Å²) >= 11 is 0. The Kier molecular flexibility index (Phi) is 8.87. The molecule has 0 aromatic heterocycles. The molecular weight excluding hydrogens is 400 g/mol. The Morgan fingerprint density at radius 2 is 1.87 bits per heavy atom. The molecule has 1 atom stereocenters. The van der Waals surface area contributed by atoms with Crippen LogP contribution in [0.4, 0.5) is 0 Å². The van der Waals surface area contributed by atoms with Gasteiger partial charge in [-0.2, -0.15) is 0 Å². The van der Waals surface area contributed by atoms with Gasteiger partial charge < -0.3 is 10.1 Å². The average Bonchev–Trinajstić information content (AvgIpc) is 2.70. The third-order valence-electron chi connectivity index (χ3n) is 4.87. The number of ether oxygens (including phenoxy) is 1. The van der Waals surface area contributed by atoms with E-state index in [-0.39, 0.29) is 16.8 Å². The zero-order valence-electron chi connectivity index (χ0n) is 18.2. The van der Waals surface area contributed by atoms with E-state index in [0.29, 0.717) is 25.4 Å². The van der Waals surface area contributed by atoms with Gasteiger partial charge in [0.1, 0.15) is 5.75 Å². The Hall–Kier alpha value is -2.38. The normalized spacial score (nSPS) is 12.6. The molecule has 0 saturated heterocycles. The van der Waals surface area contributed by atoms with Crippen molar-refractivity contribution in [3.8, 4) is 5.75 Å². The van der Waals surface area contributed by atoms with Crippen LogP contribution in [0.3, 0.4) is 0 Å². The number of likely N-dealkylation sites (N-methyl/N-ethyl adjacent to an activating group) is 1. The van der Waals surface area contributed by atoms with E-state index in [1.165, 1.54) is 17.9 Å². The molecule has 0 bridgehead atoms. The summed E-state index contributed by atoms with van der Waals surface area (Å²) in [4.78, 5) is 14.5. The molecule has 0 aliphatic carbocycles. The molecule has 2 aromatic carbocycles. The molecule has 0 saturated carbocycles. The second-order valence-corrected chi connectivity index (χ2v) is 9.59. The van der Waals surface area contributed by atoms with Crippen molar-refractivity contribution >= 4 is 15.7 Å². The Labute approximate surface area is 180 Å². The van der Waals surface area contributed by atoms with Gasteiger partial charge in [-0.25, -0.2) is 8.42 Å². The Bertz CT molecular complexity index is 926. The number of carbonyl (C=O) groups excluding carboxylic acids is 1. The molecule has 0 fully saturated rings. The lowest BCUT2D eigenvalue weighted by Gasteiger charge is -2.19. The van der Waals surface area contributed by atoms with Crippen LogP contribution < -0.4 is 10.1 Å². The number of nitrogens with zero attached hydrogens (tertiary/aromatic N) is 1. The van der Waals surface area contributed by atoms with Gasteiger partial charge in [0.25, 0.3) is 0 Å². The molecule has 0 radical (unpaired) electrons. The van der Waals surface area contributed by atoms with E-state index in [1.807, 2.05) is 18.9 Å². The number of amides is 1. The quantitative estimate of drug-likeness (QED) is 0.552. The maximum atomic E-state index is 12.3. The van der Waals surface area contributed by atoms with Crippen LogP contribution in [-0.4, -0.2) is 52.2 Å². The molecule has 0 spiro atoms. The van der Waals surface area contributed by atoms with E-state index in [4.69, 9.17) is 4.74 Å². The van der Waals surface area contributed by atoms with E-state index in [9.17, 15) is 13.2 Å². The Morgan fingerprint density at radius 3 is 2.50 bits per heavy atom. The summed E-state index contributed by atoms with van der Waals surface area (Å²) in [6, 6.07) is 14.7. The van der Waals surface area contributed by atoms with Gasteiger partial charge in [0.15, 0.2) is 9.84 Å². The first kappa shape index (κ1) is 23.9.